The molecule has 4 N–H and O–H groups in total. The summed E-state index contributed by atoms with van der Waals surface area (Å²) in [6.45, 7) is -0.485. The van der Waals surface area contributed by atoms with Crippen molar-refractivity contribution in [2.24, 2.45) is 18.0 Å². The van der Waals surface area contributed by atoms with Gasteiger partial charge in [0.25, 0.3) is 5.91 Å². The Labute approximate surface area is 272 Å². The van der Waals surface area contributed by atoms with Gasteiger partial charge in [0.2, 0.25) is 11.7 Å². The molecule has 0 bridgehead atoms. The quantitative estimate of drug-likeness (QED) is 0.124. The van der Waals surface area contributed by atoms with Gasteiger partial charge >= 0.3 is 13.8 Å². The van der Waals surface area contributed by atoms with E-state index in [0.717, 1.165) is 6.07 Å². The Kier molecular flexibility index (Phi) is 9.88. The molecule has 18 nitrogen and oxygen atoms in total. The van der Waals surface area contributed by atoms with E-state index in [1.807, 2.05) is 0 Å². The zero-order valence-corrected chi connectivity index (χ0v) is 27.0. The minimum atomic E-state index is -4.98. The van der Waals surface area contributed by atoms with Crippen molar-refractivity contribution in [3.8, 4) is 28.6 Å². The average molecular weight is 683 g/mol. The van der Waals surface area contributed by atoms with Crippen molar-refractivity contribution in [3.05, 3.63) is 65.1 Å². The minimum Gasteiger partial charge on any atom is -0.494 e. The highest BCUT2D eigenvalue weighted by Gasteiger charge is 2.30. The first-order valence-corrected chi connectivity index (χ1v) is 15.8. The lowest BCUT2D eigenvalue weighted by atomic mass is 10.1. The van der Waals surface area contributed by atoms with Gasteiger partial charge in [-0.3, -0.25) is 23.9 Å². The fourth-order valence-corrected chi connectivity index (χ4v) is 4.91. The predicted molar refractivity (Wildman–Crippen MR) is 166 cm³/mol. The summed E-state index contributed by atoms with van der Waals surface area (Å²) in [5.41, 5.74) is 0.765. The lowest BCUT2D eigenvalue weighted by Gasteiger charge is -2.17. The maximum atomic E-state index is 13.1. The Morgan fingerprint density at radius 2 is 1.85 bits per heavy atom. The summed E-state index contributed by atoms with van der Waals surface area (Å²) in [7, 11) is 0.787. The lowest BCUT2D eigenvalue weighted by Crippen LogP contribution is -2.29. The zero-order chi connectivity index (χ0) is 34.6. The zero-order valence-electron chi connectivity index (χ0n) is 26.1. The van der Waals surface area contributed by atoms with E-state index in [2.05, 4.69) is 30.6 Å². The van der Waals surface area contributed by atoms with Gasteiger partial charge in [0.15, 0.2) is 24.0 Å². The Balaban J connectivity index is 1.55. The van der Waals surface area contributed by atoms with Crippen LogP contribution in [0.15, 0.2) is 53.7 Å². The first-order valence-electron chi connectivity index (χ1n) is 14.2. The molecule has 0 radical (unpaired) electrons. The summed E-state index contributed by atoms with van der Waals surface area (Å²) in [4.78, 5) is 63.5. The number of carbonyl (C=O) groups excluding carboxylic acids is 3. The van der Waals surface area contributed by atoms with Gasteiger partial charge < -0.3 is 29.4 Å². The van der Waals surface area contributed by atoms with Gasteiger partial charge in [0, 0.05) is 25.2 Å². The molecule has 2 amide bonds. The number of nitrogens with one attached hydrogen (secondary N) is 2. The number of ether oxygens (including phenoxy) is 3. The Hall–Kier alpha value is -5.58. The van der Waals surface area contributed by atoms with Crippen LogP contribution in [-0.4, -0.2) is 73.6 Å². The molecule has 0 atom stereocenters. The molecule has 1 fully saturated rings. The van der Waals surface area contributed by atoms with Gasteiger partial charge in [-0.25, -0.2) is 14.4 Å². The predicted octanol–water partition coefficient (Wildman–Crippen LogP) is 1.92. The van der Waals surface area contributed by atoms with Crippen LogP contribution in [0.25, 0.3) is 11.4 Å². The van der Waals surface area contributed by atoms with E-state index >= 15 is 0 Å². The molecule has 0 aliphatic heterocycles. The molecule has 2 aromatic carbocycles. The van der Waals surface area contributed by atoms with E-state index in [9.17, 15) is 28.7 Å². The number of hydrogen-bond donors (Lipinski definition) is 4. The normalized spacial score (nSPS) is 13.1. The monoisotopic (exact) mass is 682 g/mol. The topological polar surface area (TPSA) is 231 Å². The molecular formula is C29H31N8O10P. The highest BCUT2D eigenvalue weighted by atomic mass is 31.2. The molecule has 0 spiro atoms. The minimum absolute atomic E-state index is 0.0287. The SMILES string of the molecule is CNC(=O)c1cn(COC(=O)c2ccc(OC)c(OP(=O)(O)O)c2)c(NC(=O)C2CC2)cc1=Nc1cccc(-c2nnn(C)n2)c1OC. The van der Waals surface area contributed by atoms with Crippen LogP contribution in [0.4, 0.5) is 11.5 Å². The van der Waals surface area contributed by atoms with Gasteiger partial charge in [-0.15, -0.1) is 10.2 Å². The number of methoxy groups -OCH3 is 2. The molecule has 2 aromatic heterocycles. The van der Waals surface area contributed by atoms with Crippen LogP contribution in [0.2, 0.25) is 0 Å². The molecule has 1 saturated carbocycles. The van der Waals surface area contributed by atoms with Crippen LogP contribution < -0.4 is 30.0 Å². The maximum Gasteiger partial charge on any atom is 0.524 e. The first-order chi connectivity index (χ1) is 22.9. The summed E-state index contributed by atoms with van der Waals surface area (Å²) < 4.78 is 33.6. The second kappa shape index (κ2) is 14.0. The van der Waals surface area contributed by atoms with Crippen molar-refractivity contribution in [2.75, 3.05) is 26.6 Å². The number of tetrazole rings is 1. The molecule has 19 heteroatoms. The highest BCUT2D eigenvalue weighted by molar-refractivity contribution is 7.46. The third-order valence-electron chi connectivity index (χ3n) is 6.95. The third-order valence-corrected chi connectivity index (χ3v) is 7.39. The molecule has 0 saturated heterocycles. The van der Waals surface area contributed by atoms with Crippen LogP contribution in [0.3, 0.4) is 0 Å². The maximum absolute atomic E-state index is 13.1. The molecule has 48 heavy (non-hydrogen) atoms. The second-order valence-electron chi connectivity index (χ2n) is 10.4. The van der Waals surface area contributed by atoms with Crippen molar-refractivity contribution in [3.63, 3.8) is 0 Å². The highest BCUT2D eigenvalue weighted by Crippen LogP contribution is 2.42. The number of nitrogens with zero attached hydrogens (tertiary/aromatic N) is 6. The molecule has 2 heterocycles. The number of phosphoric ester groups is 1. The molecule has 0 unspecified atom stereocenters. The van der Waals surface area contributed by atoms with Crippen LogP contribution in [0, 0.1) is 5.92 Å². The lowest BCUT2D eigenvalue weighted by molar-refractivity contribution is -0.117. The van der Waals surface area contributed by atoms with Crippen molar-refractivity contribution >= 4 is 37.1 Å². The van der Waals surface area contributed by atoms with E-state index in [1.165, 1.54) is 55.0 Å². The molecule has 1 aliphatic rings. The van der Waals surface area contributed by atoms with Gasteiger partial charge in [-0.05, 0) is 48.4 Å². The summed E-state index contributed by atoms with van der Waals surface area (Å²) in [5, 5.41) is 17.7. The number of carbonyl (C=O) groups is 3. The van der Waals surface area contributed by atoms with E-state index in [1.54, 1.807) is 25.2 Å². The van der Waals surface area contributed by atoms with E-state index < -0.39 is 26.4 Å². The number of amides is 2. The summed E-state index contributed by atoms with van der Waals surface area (Å²) in [6.07, 6.45) is 2.79. The number of pyridine rings is 1. The number of para-hydroxylation sites is 1. The molecule has 252 valence electrons. The van der Waals surface area contributed by atoms with E-state index in [0.29, 0.717) is 35.7 Å². The number of aromatic nitrogens is 5. The number of esters is 1. The van der Waals surface area contributed by atoms with E-state index in [-0.39, 0.29) is 45.6 Å². The van der Waals surface area contributed by atoms with Crippen LogP contribution >= 0.6 is 7.82 Å². The fourth-order valence-electron chi connectivity index (χ4n) is 4.51. The Bertz CT molecular complexity index is 2000. The Morgan fingerprint density at radius 3 is 2.48 bits per heavy atom. The van der Waals surface area contributed by atoms with Crippen molar-refractivity contribution in [1.82, 2.24) is 30.1 Å². The summed E-state index contributed by atoms with van der Waals surface area (Å²) in [6, 6.07) is 10.2. The summed E-state index contributed by atoms with van der Waals surface area (Å²) in [5.74, 6) is -1.55. The molecule has 1 aliphatic carbocycles. The van der Waals surface area contributed by atoms with Crippen LogP contribution in [0.5, 0.6) is 17.2 Å². The van der Waals surface area contributed by atoms with Crippen LogP contribution in [-0.2, 0) is 27.9 Å². The fraction of sp³-hybridized carbons (Fsp3) is 0.276. The van der Waals surface area contributed by atoms with E-state index in [4.69, 9.17) is 19.2 Å². The van der Waals surface area contributed by atoms with Crippen molar-refractivity contribution in [2.45, 2.75) is 19.6 Å². The van der Waals surface area contributed by atoms with Crippen molar-refractivity contribution < 1.29 is 47.5 Å². The average Bonchev–Trinajstić information content (AvgIpc) is 3.83. The van der Waals surface area contributed by atoms with Gasteiger partial charge in [-0.1, -0.05) is 6.07 Å². The van der Waals surface area contributed by atoms with Gasteiger partial charge in [0.1, 0.15) is 11.5 Å². The Morgan fingerprint density at radius 1 is 1.08 bits per heavy atom. The smallest absolute Gasteiger partial charge is 0.494 e. The largest absolute Gasteiger partial charge is 0.524 e. The number of phosphoric acid groups is 1. The van der Waals surface area contributed by atoms with Gasteiger partial charge in [0.05, 0.1) is 43.3 Å². The third kappa shape index (κ3) is 7.86. The first kappa shape index (κ1) is 33.8. The molecular weight excluding hydrogens is 651 g/mol. The molecule has 5 rings (SSSR count). The summed E-state index contributed by atoms with van der Waals surface area (Å²) >= 11 is 0. The number of benzene rings is 2. The number of anilines is 1. The number of rotatable bonds is 12. The molecule has 4 aromatic rings. The van der Waals surface area contributed by atoms with Gasteiger partial charge in [-0.2, -0.15) is 4.80 Å². The number of hydrogen-bond acceptors (Lipinski definition) is 12. The van der Waals surface area contributed by atoms with Crippen molar-refractivity contribution in [1.29, 1.82) is 0 Å². The second-order valence-corrected chi connectivity index (χ2v) is 11.5. The standard InChI is InChI=1S/C29H31N8O10P/c1-30-28(39)19-14-37(15-46-29(40)17-10-11-22(44-3)23(12-17)47-48(41,42)43)24(32-27(38)16-8-9-16)13-21(19)31-20-7-5-6-18(25(20)45-4)26-33-35-36(2)34-26/h5-7,10-14,16H,8-9,15H2,1-4H3,(H,30,39)(H,32,38)(H2,41,42,43). The number of aryl methyl sites for hydroxylation is 1. The van der Waals surface area contributed by atoms with Crippen LogP contribution in [0.1, 0.15) is 33.6 Å².